The van der Waals surface area contributed by atoms with Crippen LogP contribution in [0, 0.1) is 0 Å². The Labute approximate surface area is 177 Å². The molecule has 1 N–H and O–H groups in total. The highest BCUT2D eigenvalue weighted by Crippen LogP contribution is 2.19. The topological polar surface area (TPSA) is 82.2 Å². The van der Waals surface area contributed by atoms with E-state index in [0.717, 1.165) is 24.2 Å². The molecular formula is C19H27ClN4O4S. The van der Waals surface area contributed by atoms with Crippen LogP contribution in [0.5, 0.6) is 0 Å². The summed E-state index contributed by atoms with van der Waals surface area (Å²) in [6.45, 7) is 8.68. The van der Waals surface area contributed by atoms with E-state index in [1.165, 1.54) is 10.4 Å². The van der Waals surface area contributed by atoms with Gasteiger partial charge in [0.25, 0.3) is 10.2 Å². The highest BCUT2D eigenvalue weighted by Gasteiger charge is 2.24. The van der Waals surface area contributed by atoms with Crippen molar-refractivity contribution >= 4 is 27.7 Å². The van der Waals surface area contributed by atoms with E-state index in [-0.39, 0.29) is 12.5 Å². The van der Waals surface area contributed by atoms with Gasteiger partial charge in [-0.2, -0.15) is 17.4 Å². The van der Waals surface area contributed by atoms with Crippen LogP contribution in [0.25, 0.3) is 0 Å². The maximum Gasteiger partial charge on any atom is 0.279 e. The lowest BCUT2D eigenvalue weighted by molar-refractivity contribution is -0.127. The zero-order valence-corrected chi connectivity index (χ0v) is 17.9. The molecule has 1 aromatic carbocycles. The first-order chi connectivity index (χ1) is 13.9. The van der Waals surface area contributed by atoms with Crippen molar-refractivity contribution in [2.45, 2.75) is 13.1 Å². The van der Waals surface area contributed by atoms with Crippen LogP contribution in [0.2, 0.25) is 5.02 Å². The second-order valence-electron chi connectivity index (χ2n) is 7.06. The van der Waals surface area contributed by atoms with E-state index in [2.05, 4.69) is 16.2 Å². The van der Waals surface area contributed by atoms with Crippen molar-refractivity contribution < 1.29 is 17.9 Å². The van der Waals surface area contributed by atoms with Gasteiger partial charge in [0.1, 0.15) is 0 Å². The average Bonchev–Trinajstić information content (AvgIpc) is 2.74. The molecule has 0 aromatic heterocycles. The number of halogens is 1. The number of ether oxygens (including phenoxy) is 1. The van der Waals surface area contributed by atoms with Gasteiger partial charge in [-0.15, -0.1) is 0 Å². The van der Waals surface area contributed by atoms with Gasteiger partial charge in [-0.1, -0.05) is 24.2 Å². The van der Waals surface area contributed by atoms with Gasteiger partial charge in [0.05, 0.1) is 13.2 Å². The molecule has 160 valence electrons. The van der Waals surface area contributed by atoms with Crippen LogP contribution >= 0.6 is 11.6 Å². The number of piperazine rings is 1. The van der Waals surface area contributed by atoms with Crippen LogP contribution in [-0.4, -0.2) is 80.9 Å². The van der Waals surface area contributed by atoms with Gasteiger partial charge in [-0.05, 0) is 29.3 Å². The Morgan fingerprint density at radius 2 is 1.83 bits per heavy atom. The minimum Gasteiger partial charge on any atom is -0.379 e. The SMILES string of the molecule is C=CC(=O)N1CCN(Cc2cc(Cl)ccc2CNS(=O)(=O)N2CCOCC2)CC1. The fraction of sp³-hybridized carbons (Fsp3) is 0.526. The Kier molecular flexibility index (Phi) is 7.66. The summed E-state index contributed by atoms with van der Waals surface area (Å²) in [4.78, 5) is 15.7. The molecule has 2 heterocycles. The first-order valence-electron chi connectivity index (χ1n) is 9.62. The third-order valence-corrected chi connectivity index (χ3v) is 6.97. The van der Waals surface area contributed by atoms with Crippen LogP contribution in [0.15, 0.2) is 30.9 Å². The molecule has 10 heteroatoms. The van der Waals surface area contributed by atoms with Crippen molar-refractivity contribution in [3.05, 3.63) is 47.0 Å². The molecule has 0 radical (unpaired) electrons. The number of nitrogens with one attached hydrogen (secondary N) is 1. The van der Waals surface area contributed by atoms with Crippen LogP contribution in [-0.2, 0) is 32.8 Å². The van der Waals surface area contributed by atoms with Gasteiger partial charge in [0.15, 0.2) is 0 Å². The van der Waals surface area contributed by atoms with Crippen LogP contribution in [0.4, 0.5) is 0 Å². The summed E-state index contributed by atoms with van der Waals surface area (Å²) in [5.74, 6) is -0.0504. The maximum absolute atomic E-state index is 12.5. The summed E-state index contributed by atoms with van der Waals surface area (Å²) in [7, 11) is -3.56. The van der Waals surface area contributed by atoms with E-state index < -0.39 is 10.2 Å². The molecule has 2 fully saturated rings. The molecule has 1 amide bonds. The van der Waals surface area contributed by atoms with E-state index in [0.29, 0.717) is 51.0 Å². The smallest absolute Gasteiger partial charge is 0.279 e. The third kappa shape index (κ3) is 6.00. The number of amides is 1. The normalized spacial score (nSPS) is 19.3. The molecule has 0 aliphatic carbocycles. The number of nitrogens with zero attached hydrogens (tertiary/aromatic N) is 3. The molecule has 0 bridgehead atoms. The summed E-state index contributed by atoms with van der Waals surface area (Å²) in [6.07, 6.45) is 1.34. The first kappa shape index (κ1) is 22.2. The molecule has 0 saturated carbocycles. The predicted molar refractivity (Wildman–Crippen MR) is 112 cm³/mol. The Balaban J connectivity index is 1.62. The molecule has 0 atom stereocenters. The number of rotatable bonds is 7. The van der Waals surface area contributed by atoms with E-state index in [9.17, 15) is 13.2 Å². The monoisotopic (exact) mass is 442 g/mol. The minimum atomic E-state index is -3.56. The molecule has 0 unspecified atom stereocenters. The largest absolute Gasteiger partial charge is 0.379 e. The molecule has 29 heavy (non-hydrogen) atoms. The van der Waals surface area contributed by atoms with Gasteiger partial charge in [-0.25, -0.2) is 0 Å². The lowest BCUT2D eigenvalue weighted by Crippen LogP contribution is -2.48. The van der Waals surface area contributed by atoms with Gasteiger partial charge in [0, 0.05) is 57.4 Å². The fourth-order valence-electron chi connectivity index (χ4n) is 3.46. The zero-order valence-electron chi connectivity index (χ0n) is 16.3. The van der Waals surface area contributed by atoms with Crippen LogP contribution in [0.1, 0.15) is 11.1 Å². The van der Waals surface area contributed by atoms with E-state index >= 15 is 0 Å². The summed E-state index contributed by atoms with van der Waals surface area (Å²) < 4.78 is 34.4. The van der Waals surface area contributed by atoms with Crippen molar-refractivity contribution in [1.82, 2.24) is 18.8 Å². The highest BCUT2D eigenvalue weighted by molar-refractivity contribution is 7.87. The van der Waals surface area contributed by atoms with E-state index in [4.69, 9.17) is 16.3 Å². The number of hydrogen-bond donors (Lipinski definition) is 1. The number of benzene rings is 1. The van der Waals surface area contributed by atoms with Crippen molar-refractivity contribution in [1.29, 1.82) is 0 Å². The maximum atomic E-state index is 12.5. The quantitative estimate of drug-likeness (QED) is 0.633. The molecule has 8 nitrogen and oxygen atoms in total. The number of carbonyl (C=O) groups is 1. The second kappa shape index (κ2) is 10.0. The number of hydrogen-bond acceptors (Lipinski definition) is 5. The van der Waals surface area contributed by atoms with Crippen molar-refractivity contribution in [3.63, 3.8) is 0 Å². The fourth-order valence-corrected chi connectivity index (χ4v) is 4.80. The van der Waals surface area contributed by atoms with Gasteiger partial charge >= 0.3 is 0 Å². The molecular weight excluding hydrogens is 416 g/mol. The van der Waals surface area contributed by atoms with E-state index in [1.54, 1.807) is 11.0 Å². The molecule has 2 saturated heterocycles. The summed E-state index contributed by atoms with van der Waals surface area (Å²) in [5.41, 5.74) is 1.86. The van der Waals surface area contributed by atoms with Crippen molar-refractivity contribution in [3.8, 4) is 0 Å². The van der Waals surface area contributed by atoms with Crippen LogP contribution < -0.4 is 4.72 Å². The first-order valence-corrected chi connectivity index (χ1v) is 11.4. The molecule has 0 spiro atoms. The summed E-state index contributed by atoms with van der Waals surface area (Å²) in [5, 5.41) is 0.611. The van der Waals surface area contributed by atoms with Gasteiger partial charge < -0.3 is 9.64 Å². The highest BCUT2D eigenvalue weighted by atomic mass is 35.5. The predicted octanol–water partition coefficient (Wildman–Crippen LogP) is 0.837. The van der Waals surface area contributed by atoms with Gasteiger partial charge in [0.2, 0.25) is 5.91 Å². The zero-order chi connectivity index (χ0) is 20.9. The Morgan fingerprint density at radius 1 is 1.14 bits per heavy atom. The van der Waals surface area contributed by atoms with Gasteiger partial charge in [-0.3, -0.25) is 9.69 Å². The summed E-state index contributed by atoms with van der Waals surface area (Å²) >= 11 is 6.19. The summed E-state index contributed by atoms with van der Waals surface area (Å²) in [6, 6.07) is 5.50. The van der Waals surface area contributed by atoms with Crippen molar-refractivity contribution in [2.24, 2.45) is 0 Å². The van der Waals surface area contributed by atoms with Crippen LogP contribution in [0.3, 0.4) is 0 Å². The molecule has 3 rings (SSSR count). The third-order valence-electron chi connectivity index (χ3n) is 5.18. The minimum absolute atomic E-state index is 0.0504. The Bertz CT molecular complexity index is 835. The average molecular weight is 443 g/mol. The van der Waals surface area contributed by atoms with Crippen molar-refractivity contribution in [2.75, 3.05) is 52.5 Å². The lowest BCUT2D eigenvalue weighted by Gasteiger charge is -2.34. The Morgan fingerprint density at radius 3 is 2.48 bits per heavy atom. The number of morpholine rings is 1. The Hall–Kier alpha value is -1.49. The lowest BCUT2D eigenvalue weighted by atomic mass is 10.1. The molecule has 2 aliphatic heterocycles. The standard InChI is InChI=1S/C19H27ClN4O4S/c1-2-19(25)23-7-5-22(6-8-23)15-17-13-18(20)4-3-16(17)14-21-29(26,27)24-9-11-28-12-10-24/h2-4,13,21H,1,5-12,14-15H2. The second-order valence-corrected chi connectivity index (χ2v) is 9.25. The van der Waals surface area contributed by atoms with E-state index in [1.807, 2.05) is 12.1 Å². The molecule has 1 aromatic rings. The molecule has 2 aliphatic rings. The number of carbonyl (C=O) groups excluding carboxylic acids is 1.